The Labute approximate surface area is 110 Å². The SMILES string of the molecule is CC(C)(C)CN1CCC(Oc2ccccn2)CC1. The Morgan fingerprint density at radius 3 is 2.56 bits per heavy atom. The summed E-state index contributed by atoms with van der Waals surface area (Å²) in [6, 6.07) is 5.82. The van der Waals surface area contributed by atoms with Gasteiger partial charge < -0.3 is 9.64 Å². The predicted molar refractivity (Wildman–Crippen MR) is 73.8 cm³/mol. The van der Waals surface area contributed by atoms with Crippen LogP contribution >= 0.6 is 0 Å². The standard InChI is InChI=1S/C15H24N2O/c1-15(2,3)12-17-10-7-13(8-11-17)18-14-6-4-5-9-16-14/h4-6,9,13H,7-8,10-12H2,1-3H3. The second-order valence-corrected chi connectivity index (χ2v) is 6.32. The zero-order valence-corrected chi connectivity index (χ0v) is 11.7. The van der Waals surface area contributed by atoms with Crippen LogP contribution in [0.2, 0.25) is 0 Å². The number of pyridine rings is 1. The van der Waals surface area contributed by atoms with E-state index in [2.05, 4.69) is 30.7 Å². The van der Waals surface area contributed by atoms with Crippen molar-refractivity contribution in [3.05, 3.63) is 24.4 Å². The number of piperidine rings is 1. The number of nitrogens with zero attached hydrogens (tertiary/aromatic N) is 2. The Morgan fingerprint density at radius 2 is 2.00 bits per heavy atom. The van der Waals surface area contributed by atoms with Gasteiger partial charge in [-0.15, -0.1) is 0 Å². The van der Waals surface area contributed by atoms with Crippen LogP contribution in [0, 0.1) is 5.41 Å². The molecular weight excluding hydrogens is 224 g/mol. The van der Waals surface area contributed by atoms with E-state index in [4.69, 9.17) is 4.74 Å². The molecule has 1 fully saturated rings. The quantitative estimate of drug-likeness (QED) is 0.822. The summed E-state index contributed by atoms with van der Waals surface area (Å²) in [6.45, 7) is 10.3. The van der Waals surface area contributed by atoms with Gasteiger partial charge in [0.1, 0.15) is 6.10 Å². The monoisotopic (exact) mass is 248 g/mol. The highest BCUT2D eigenvalue weighted by Crippen LogP contribution is 2.21. The zero-order valence-electron chi connectivity index (χ0n) is 11.7. The second-order valence-electron chi connectivity index (χ2n) is 6.32. The molecule has 0 saturated carbocycles. The van der Waals surface area contributed by atoms with Gasteiger partial charge in [0.2, 0.25) is 5.88 Å². The lowest BCUT2D eigenvalue weighted by molar-refractivity contribution is 0.0783. The summed E-state index contributed by atoms with van der Waals surface area (Å²) in [4.78, 5) is 6.76. The largest absolute Gasteiger partial charge is 0.474 e. The molecule has 2 rings (SSSR count). The molecule has 100 valence electrons. The van der Waals surface area contributed by atoms with E-state index in [1.807, 2.05) is 18.2 Å². The number of hydrogen-bond donors (Lipinski definition) is 0. The highest BCUT2D eigenvalue weighted by Gasteiger charge is 2.23. The maximum Gasteiger partial charge on any atom is 0.213 e. The van der Waals surface area contributed by atoms with Crippen LogP contribution in [0.15, 0.2) is 24.4 Å². The molecule has 1 aliphatic heterocycles. The van der Waals surface area contributed by atoms with Crippen molar-refractivity contribution in [1.82, 2.24) is 9.88 Å². The van der Waals surface area contributed by atoms with Crippen molar-refractivity contribution in [2.45, 2.75) is 39.7 Å². The highest BCUT2D eigenvalue weighted by atomic mass is 16.5. The molecular formula is C15H24N2O. The summed E-state index contributed by atoms with van der Waals surface area (Å²) in [5, 5.41) is 0. The van der Waals surface area contributed by atoms with Crippen LogP contribution < -0.4 is 4.74 Å². The van der Waals surface area contributed by atoms with E-state index in [-0.39, 0.29) is 0 Å². The zero-order chi connectivity index (χ0) is 13.0. The highest BCUT2D eigenvalue weighted by molar-refractivity contribution is 5.09. The molecule has 18 heavy (non-hydrogen) atoms. The molecule has 3 nitrogen and oxygen atoms in total. The molecule has 1 saturated heterocycles. The van der Waals surface area contributed by atoms with Gasteiger partial charge in [0.25, 0.3) is 0 Å². The number of hydrogen-bond acceptors (Lipinski definition) is 3. The minimum atomic E-state index is 0.330. The minimum Gasteiger partial charge on any atom is -0.474 e. The van der Waals surface area contributed by atoms with Crippen LogP contribution in [0.5, 0.6) is 5.88 Å². The Hall–Kier alpha value is -1.09. The molecule has 0 unspecified atom stereocenters. The third kappa shape index (κ3) is 4.30. The van der Waals surface area contributed by atoms with Crippen molar-refractivity contribution in [3.8, 4) is 5.88 Å². The van der Waals surface area contributed by atoms with E-state index in [1.54, 1.807) is 6.20 Å². The molecule has 0 aliphatic carbocycles. The van der Waals surface area contributed by atoms with Gasteiger partial charge in [-0.05, 0) is 24.3 Å². The summed E-state index contributed by atoms with van der Waals surface area (Å²) in [6.07, 6.45) is 4.32. The van der Waals surface area contributed by atoms with Gasteiger partial charge in [-0.1, -0.05) is 26.8 Å². The van der Waals surface area contributed by atoms with Gasteiger partial charge in [-0.3, -0.25) is 0 Å². The van der Waals surface area contributed by atoms with Crippen molar-refractivity contribution < 1.29 is 4.74 Å². The molecule has 0 N–H and O–H groups in total. The van der Waals surface area contributed by atoms with Crippen molar-refractivity contribution in [3.63, 3.8) is 0 Å². The Morgan fingerprint density at radius 1 is 1.28 bits per heavy atom. The van der Waals surface area contributed by atoms with E-state index in [1.165, 1.54) is 6.54 Å². The van der Waals surface area contributed by atoms with Gasteiger partial charge in [0.15, 0.2) is 0 Å². The van der Waals surface area contributed by atoms with Crippen molar-refractivity contribution >= 4 is 0 Å². The van der Waals surface area contributed by atoms with Crippen LogP contribution in [-0.4, -0.2) is 35.6 Å². The molecule has 3 heteroatoms. The molecule has 2 heterocycles. The fraction of sp³-hybridized carbons (Fsp3) is 0.667. The van der Waals surface area contributed by atoms with Crippen LogP contribution in [0.4, 0.5) is 0 Å². The minimum absolute atomic E-state index is 0.330. The second kappa shape index (κ2) is 5.70. The van der Waals surface area contributed by atoms with E-state index >= 15 is 0 Å². The van der Waals surface area contributed by atoms with Gasteiger partial charge in [0.05, 0.1) is 0 Å². The van der Waals surface area contributed by atoms with E-state index < -0.39 is 0 Å². The molecule has 1 aliphatic rings. The number of aromatic nitrogens is 1. The normalized spacial score (nSPS) is 18.8. The smallest absolute Gasteiger partial charge is 0.213 e. The molecule has 1 aromatic heterocycles. The topological polar surface area (TPSA) is 25.4 Å². The van der Waals surface area contributed by atoms with E-state index in [0.717, 1.165) is 31.8 Å². The van der Waals surface area contributed by atoms with Gasteiger partial charge in [0, 0.05) is 31.9 Å². The molecule has 1 aromatic rings. The van der Waals surface area contributed by atoms with Crippen LogP contribution in [-0.2, 0) is 0 Å². The lowest BCUT2D eigenvalue weighted by Crippen LogP contribution is -2.42. The van der Waals surface area contributed by atoms with Gasteiger partial charge >= 0.3 is 0 Å². The first-order valence-corrected chi connectivity index (χ1v) is 6.83. The maximum atomic E-state index is 5.90. The van der Waals surface area contributed by atoms with Crippen molar-refractivity contribution in [2.24, 2.45) is 5.41 Å². The molecule has 0 atom stereocenters. The number of ether oxygens (including phenoxy) is 1. The van der Waals surface area contributed by atoms with Crippen molar-refractivity contribution in [1.29, 1.82) is 0 Å². The van der Waals surface area contributed by atoms with Crippen LogP contribution in [0.1, 0.15) is 33.6 Å². The summed E-state index contributed by atoms with van der Waals surface area (Å²) in [7, 11) is 0. The first-order valence-electron chi connectivity index (χ1n) is 6.83. The molecule has 0 bridgehead atoms. The van der Waals surface area contributed by atoms with Crippen molar-refractivity contribution in [2.75, 3.05) is 19.6 Å². The first kappa shape index (κ1) is 13.3. The summed E-state index contributed by atoms with van der Waals surface area (Å²) in [5.74, 6) is 0.756. The van der Waals surface area contributed by atoms with Crippen LogP contribution in [0.3, 0.4) is 0 Å². The lowest BCUT2D eigenvalue weighted by Gasteiger charge is -2.35. The van der Waals surface area contributed by atoms with Gasteiger partial charge in [-0.2, -0.15) is 0 Å². The maximum absolute atomic E-state index is 5.90. The predicted octanol–water partition coefficient (Wildman–Crippen LogP) is 2.97. The fourth-order valence-electron chi connectivity index (χ4n) is 2.44. The number of rotatable bonds is 3. The van der Waals surface area contributed by atoms with Gasteiger partial charge in [-0.25, -0.2) is 4.98 Å². The van der Waals surface area contributed by atoms with E-state index in [9.17, 15) is 0 Å². The average Bonchev–Trinajstić information content (AvgIpc) is 2.31. The Balaban J connectivity index is 1.77. The molecule has 0 spiro atoms. The van der Waals surface area contributed by atoms with Crippen LogP contribution in [0.25, 0.3) is 0 Å². The molecule has 0 aromatic carbocycles. The molecule has 0 radical (unpaired) electrons. The Kier molecular flexibility index (Phi) is 4.23. The molecule has 0 amide bonds. The average molecular weight is 248 g/mol. The Bertz CT molecular complexity index is 351. The fourth-order valence-corrected chi connectivity index (χ4v) is 2.44. The summed E-state index contributed by atoms with van der Waals surface area (Å²) in [5.41, 5.74) is 0.384. The third-order valence-electron chi connectivity index (χ3n) is 3.16. The first-order chi connectivity index (χ1) is 8.53. The summed E-state index contributed by atoms with van der Waals surface area (Å²) < 4.78 is 5.90. The number of likely N-dealkylation sites (tertiary alicyclic amines) is 1. The van der Waals surface area contributed by atoms with E-state index in [0.29, 0.717) is 11.5 Å². The summed E-state index contributed by atoms with van der Waals surface area (Å²) >= 11 is 0. The third-order valence-corrected chi connectivity index (χ3v) is 3.16. The lowest BCUT2D eigenvalue weighted by atomic mass is 9.94.